The number of benzene rings is 3. The van der Waals surface area contributed by atoms with Gasteiger partial charge in [-0.2, -0.15) is 0 Å². The van der Waals surface area contributed by atoms with E-state index in [1.54, 1.807) is 13.0 Å². The molecule has 1 heterocycles. The molecule has 162 valence electrons. The van der Waals surface area contributed by atoms with Gasteiger partial charge in [-0.05, 0) is 55.5 Å². The molecule has 4 aromatic rings. The molecule has 0 aliphatic heterocycles. The summed E-state index contributed by atoms with van der Waals surface area (Å²) in [5, 5.41) is 0.550. The van der Waals surface area contributed by atoms with E-state index >= 15 is 0 Å². The average molecular weight is 474 g/mol. The summed E-state index contributed by atoms with van der Waals surface area (Å²) in [6.45, 7) is 1.81. The Morgan fingerprint density at radius 1 is 1.00 bits per heavy atom. The van der Waals surface area contributed by atoms with Crippen LogP contribution in [-0.2, 0) is 4.74 Å². The smallest absolute Gasteiger partial charge is 0.338 e. The van der Waals surface area contributed by atoms with Gasteiger partial charge in [0, 0.05) is 17.1 Å². The second-order valence-electron chi connectivity index (χ2n) is 6.89. The lowest BCUT2D eigenvalue weighted by molar-refractivity contribution is 0.0525. The molecule has 4 nitrogen and oxygen atoms in total. The molecule has 0 radical (unpaired) electrons. The first kappa shape index (κ1) is 22.0. The molecular weight excluding hydrogens is 459 g/mol. The maximum Gasteiger partial charge on any atom is 0.338 e. The molecule has 0 unspecified atom stereocenters. The number of esters is 1. The molecule has 8 heteroatoms. The Kier molecular flexibility index (Phi) is 6.00. The fourth-order valence-corrected chi connectivity index (χ4v) is 4.04. The molecular formula is C24H15Cl2F2NO3. The van der Waals surface area contributed by atoms with Crippen LogP contribution in [0.2, 0.25) is 10.0 Å². The van der Waals surface area contributed by atoms with Gasteiger partial charge in [0.15, 0.2) is 5.78 Å². The maximum absolute atomic E-state index is 15.0. The summed E-state index contributed by atoms with van der Waals surface area (Å²) in [7, 11) is 0. The number of rotatable bonds is 5. The lowest BCUT2D eigenvalue weighted by Crippen LogP contribution is -2.06. The van der Waals surface area contributed by atoms with E-state index < -0.39 is 23.4 Å². The van der Waals surface area contributed by atoms with Gasteiger partial charge < -0.3 is 9.30 Å². The number of hydrogen-bond donors (Lipinski definition) is 0. The topological polar surface area (TPSA) is 48.3 Å². The maximum atomic E-state index is 15.0. The molecule has 0 saturated heterocycles. The lowest BCUT2D eigenvalue weighted by atomic mass is 10.0. The highest BCUT2D eigenvalue weighted by Crippen LogP contribution is 2.33. The molecule has 0 fully saturated rings. The van der Waals surface area contributed by atoms with Crippen LogP contribution in [0.25, 0.3) is 16.6 Å². The van der Waals surface area contributed by atoms with Gasteiger partial charge >= 0.3 is 5.97 Å². The number of carbonyl (C=O) groups is 2. The van der Waals surface area contributed by atoms with Crippen molar-refractivity contribution in [1.29, 1.82) is 0 Å². The van der Waals surface area contributed by atoms with Gasteiger partial charge in [0.2, 0.25) is 0 Å². The molecule has 0 bridgehead atoms. The van der Waals surface area contributed by atoms with Crippen molar-refractivity contribution in [2.24, 2.45) is 0 Å². The fourth-order valence-electron chi connectivity index (χ4n) is 3.48. The molecule has 3 aromatic carbocycles. The van der Waals surface area contributed by atoms with E-state index in [2.05, 4.69) is 0 Å². The first-order chi connectivity index (χ1) is 15.3. The molecule has 32 heavy (non-hydrogen) atoms. The predicted octanol–water partition coefficient (Wildman–Crippen LogP) is 6.62. The summed E-state index contributed by atoms with van der Waals surface area (Å²) in [5.41, 5.74) is 0.676. The minimum Gasteiger partial charge on any atom is -0.462 e. The van der Waals surface area contributed by atoms with Crippen LogP contribution in [0.1, 0.15) is 33.2 Å². The van der Waals surface area contributed by atoms with Crippen LogP contribution in [-0.4, -0.2) is 22.9 Å². The van der Waals surface area contributed by atoms with Crippen molar-refractivity contribution < 1.29 is 23.1 Å². The largest absolute Gasteiger partial charge is 0.462 e. The number of ketones is 1. The minimum atomic E-state index is -0.716. The Bertz CT molecular complexity index is 1360. The van der Waals surface area contributed by atoms with E-state index in [0.717, 1.165) is 6.07 Å². The standard InChI is InChI=1S/C24H15Cl2F2NO3/c1-2-32-24(31)13-6-8-21(19(28)10-13)29-12-16(15-11-14(27)7-9-20(15)29)23(30)22-17(25)4-3-5-18(22)26/h3-12H,2H2,1H3. The van der Waals surface area contributed by atoms with Crippen molar-refractivity contribution >= 4 is 45.9 Å². The van der Waals surface area contributed by atoms with E-state index in [0.29, 0.717) is 5.52 Å². The second kappa shape index (κ2) is 8.73. The van der Waals surface area contributed by atoms with Crippen LogP contribution in [0, 0.1) is 11.6 Å². The fraction of sp³-hybridized carbons (Fsp3) is 0.0833. The minimum absolute atomic E-state index is 0.0507. The molecule has 0 saturated carbocycles. The van der Waals surface area contributed by atoms with Crippen LogP contribution in [0.5, 0.6) is 0 Å². The highest BCUT2D eigenvalue weighted by molar-refractivity contribution is 6.41. The van der Waals surface area contributed by atoms with Gasteiger partial charge in [-0.25, -0.2) is 13.6 Å². The summed E-state index contributed by atoms with van der Waals surface area (Å²) in [5.74, 6) is -2.46. The molecule has 0 spiro atoms. The summed E-state index contributed by atoms with van der Waals surface area (Å²) in [6.07, 6.45) is 1.40. The van der Waals surface area contributed by atoms with Crippen molar-refractivity contribution in [3.05, 3.63) is 99.2 Å². The Morgan fingerprint density at radius 2 is 1.72 bits per heavy atom. The average Bonchev–Trinajstić information content (AvgIpc) is 3.12. The van der Waals surface area contributed by atoms with Gasteiger partial charge in [0.1, 0.15) is 11.6 Å². The first-order valence-corrected chi connectivity index (χ1v) is 10.3. The number of ether oxygens (including phenoxy) is 1. The SMILES string of the molecule is CCOC(=O)c1ccc(-n2cc(C(=O)c3c(Cl)cccc3Cl)c3cc(F)ccc32)c(F)c1. The highest BCUT2D eigenvalue weighted by Gasteiger charge is 2.23. The van der Waals surface area contributed by atoms with Crippen molar-refractivity contribution in [2.75, 3.05) is 6.61 Å². The number of nitrogens with zero attached hydrogens (tertiary/aromatic N) is 1. The Morgan fingerprint density at radius 3 is 2.38 bits per heavy atom. The summed E-state index contributed by atoms with van der Waals surface area (Å²) >= 11 is 12.4. The third kappa shape index (κ3) is 3.87. The monoisotopic (exact) mass is 473 g/mol. The highest BCUT2D eigenvalue weighted by atomic mass is 35.5. The van der Waals surface area contributed by atoms with Crippen LogP contribution >= 0.6 is 23.2 Å². The first-order valence-electron chi connectivity index (χ1n) is 9.58. The van der Waals surface area contributed by atoms with Crippen molar-refractivity contribution in [3.63, 3.8) is 0 Å². The Hall–Kier alpha value is -3.22. The van der Waals surface area contributed by atoms with Crippen LogP contribution in [0.3, 0.4) is 0 Å². The van der Waals surface area contributed by atoms with E-state index in [1.165, 1.54) is 53.2 Å². The molecule has 1 aromatic heterocycles. The van der Waals surface area contributed by atoms with Crippen molar-refractivity contribution in [3.8, 4) is 5.69 Å². The van der Waals surface area contributed by atoms with Gasteiger partial charge in [0.25, 0.3) is 0 Å². The normalized spacial score (nSPS) is 11.0. The predicted molar refractivity (Wildman–Crippen MR) is 119 cm³/mol. The molecule has 0 amide bonds. The lowest BCUT2D eigenvalue weighted by Gasteiger charge is -2.09. The number of hydrogen-bond acceptors (Lipinski definition) is 3. The molecule has 0 atom stereocenters. The van der Waals surface area contributed by atoms with Crippen molar-refractivity contribution in [2.45, 2.75) is 6.92 Å². The molecule has 0 N–H and O–H groups in total. The summed E-state index contributed by atoms with van der Waals surface area (Å²) in [4.78, 5) is 25.2. The van der Waals surface area contributed by atoms with Crippen LogP contribution in [0.15, 0.2) is 60.8 Å². The number of halogens is 4. The van der Waals surface area contributed by atoms with Gasteiger partial charge in [-0.3, -0.25) is 4.79 Å². The van der Waals surface area contributed by atoms with Crippen LogP contribution < -0.4 is 0 Å². The number of carbonyl (C=O) groups excluding carboxylic acids is 2. The Balaban J connectivity index is 1.90. The van der Waals surface area contributed by atoms with Gasteiger partial charge in [-0.15, -0.1) is 0 Å². The number of aromatic nitrogens is 1. The van der Waals surface area contributed by atoms with Crippen molar-refractivity contribution in [1.82, 2.24) is 4.57 Å². The van der Waals surface area contributed by atoms with E-state index in [-0.39, 0.29) is 44.4 Å². The third-order valence-corrected chi connectivity index (χ3v) is 5.55. The second-order valence-corrected chi connectivity index (χ2v) is 7.70. The Labute approximate surface area is 191 Å². The summed E-state index contributed by atoms with van der Waals surface area (Å²) < 4.78 is 35.3. The van der Waals surface area contributed by atoms with Gasteiger partial charge in [-0.1, -0.05) is 29.3 Å². The quantitative estimate of drug-likeness (QED) is 0.241. The molecule has 0 aliphatic rings. The zero-order valence-electron chi connectivity index (χ0n) is 16.7. The van der Waals surface area contributed by atoms with Gasteiger partial charge in [0.05, 0.1) is 39.0 Å². The zero-order chi connectivity index (χ0) is 23.0. The van der Waals surface area contributed by atoms with E-state index in [1.807, 2.05) is 0 Å². The van der Waals surface area contributed by atoms with E-state index in [4.69, 9.17) is 27.9 Å². The third-order valence-electron chi connectivity index (χ3n) is 4.92. The molecule has 4 rings (SSSR count). The van der Waals surface area contributed by atoms with E-state index in [9.17, 15) is 18.4 Å². The van der Waals surface area contributed by atoms with Crippen LogP contribution in [0.4, 0.5) is 8.78 Å². The summed E-state index contributed by atoms with van der Waals surface area (Å²) in [6, 6.07) is 12.3. The number of fused-ring (bicyclic) bond motifs is 1. The zero-order valence-corrected chi connectivity index (χ0v) is 18.2. The molecule has 0 aliphatic carbocycles.